The second-order valence-corrected chi connectivity index (χ2v) is 5.81. The standard InChI is InChI=1S/C17H14N2O4S/c1-22-17(21)15-13(11-5-3-2-4-6-11)10-24-16(15)18-14(20)9-12-7-8-23-19-12/h2-8,10H,9H2,1H3,(H,18,20). The summed E-state index contributed by atoms with van der Waals surface area (Å²) < 4.78 is 9.58. The van der Waals surface area contributed by atoms with E-state index >= 15 is 0 Å². The minimum absolute atomic E-state index is 0.0652. The quantitative estimate of drug-likeness (QED) is 0.719. The van der Waals surface area contributed by atoms with Gasteiger partial charge < -0.3 is 14.6 Å². The zero-order valence-corrected chi connectivity index (χ0v) is 13.6. The van der Waals surface area contributed by atoms with Gasteiger partial charge in [0.1, 0.15) is 16.8 Å². The predicted molar refractivity (Wildman–Crippen MR) is 89.9 cm³/mol. The number of aromatic nitrogens is 1. The van der Waals surface area contributed by atoms with Crippen molar-refractivity contribution in [1.29, 1.82) is 0 Å². The fourth-order valence-electron chi connectivity index (χ4n) is 2.25. The van der Waals surface area contributed by atoms with E-state index in [2.05, 4.69) is 10.5 Å². The SMILES string of the molecule is COC(=O)c1c(-c2ccccc2)csc1NC(=O)Cc1ccon1. The first-order chi connectivity index (χ1) is 11.7. The van der Waals surface area contributed by atoms with Gasteiger partial charge in [0.2, 0.25) is 5.91 Å². The third-order valence-electron chi connectivity index (χ3n) is 3.35. The highest BCUT2D eigenvalue weighted by Gasteiger charge is 2.22. The van der Waals surface area contributed by atoms with Crippen molar-refractivity contribution in [3.05, 3.63) is 59.3 Å². The maximum absolute atomic E-state index is 12.2. The first kappa shape index (κ1) is 15.9. The first-order valence-electron chi connectivity index (χ1n) is 7.13. The average Bonchev–Trinajstić information content (AvgIpc) is 3.25. The molecule has 0 saturated heterocycles. The molecule has 3 aromatic rings. The summed E-state index contributed by atoms with van der Waals surface area (Å²) in [5.74, 6) is -0.776. The van der Waals surface area contributed by atoms with Gasteiger partial charge in [0.05, 0.1) is 19.2 Å². The molecular formula is C17H14N2O4S. The number of nitrogens with zero attached hydrogens (tertiary/aromatic N) is 1. The van der Waals surface area contributed by atoms with E-state index in [1.807, 2.05) is 35.7 Å². The average molecular weight is 342 g/mol. The van der Waals surface area contributed by atoms with Gasteiger partial charge in [0.15, 0.2) is 0 Å². The van der Waals surface area contributed by atoms with Crippen molar-refractivity contribution < 1.29 is 18.8 Å². The molecule has 2 aromatic heterocycles. The fraction of sp³-hybridized carbons (Fsp3) is 0.118. The van der Waals surface area contributed by atoms with Crippen LogP contribution in [0.2, 0.25) is 0 Å². The molecule has 0 saturated carbocycles. The smallest absolute Gasteiger partial charge is 0.341 e. The lowest BCUT2D eigenvalue weighted by atomic mass is 10.0. The van der Waals surface area contributed by atoms with Gasteiger partial charge in [0, 0.05) is 17.0 Å². The fourth-order valence-corrected chi connectivity index (χ4v) is 3.22. The van der Waals surface area contributed by atoms with Crippen LogP contribution in [0.4, 0.5) is 5.00 Å². The number of carbonyl (C=O) groups is 2. The van der Waals surface area contributed by atoms with Crippen LogP contribution in [-0.2, 0) is 16.0 Å². The van der Waals surface area contributed by atoms with Crippen LogP contribution < -0.4 is 5.32 Å². The third-order valence-corrected chi connectivity index (χ3v) is 4.25. The van der Waals surface area contributed by atoms with E-state index in [0.29, 0.717) is 16.3 Å². The van der Waals surface area contributed by atoms with Crippen LogP contribution in [0.25, 0.3) is 11.1 Å². The van der Waals surface area contributed by atoms with Gasteiger partial charge in [-0.15, -0.1) is 11.3 Å². The lowest BCUT2D eigenvalue weighted by Gasteiger charge is -2.07. The van der Waals surface area contributed by atoms with Crippen molar-refractivity contribution in [3.8, 4) is 11.1 Å². The lowest BCUT2D eigenvalue weighted by Crippen LogP contribution is -2.16. The van der Waals surface area contributed by atoms with Crippen LogP contribution in [0.3, 0.4) is 0 Å². The molecule has 0 aliphatic carbocycles. The molecule has 24 heavy (non-hydrogen) atoms. The largest absolute Gasteiger partial charge is 0.465 e. The number of ether oxygens (including phenoxy) is 1. The van der Waals surface area contributed by atoms with E-state index in [-0.39, 0.29) is 12.3 Å². The predicted octanol–water partition coefficient (Wildman–Crippen LogP) is 3.37. The summed E-state index contributed by atoms with van der Waals surface area (Å²) in [4.78, 5) is 24.3. The molecule has 6 nitrogen and oxygen atoms in total. The van der Waals surface area contributed by atoms with E-state index in [1.165, 1.54) is 24.7 Å². The van der Waals surface area contributed by atoms with Gasteiger partial charge in [0.25, 0.3) is 0 Å². The van der Waals surface area contributed by atoms with Gasteiger partial charge in [-0.2, -0.15) is 0 Å². The van der Waals surface area contributed by atoms with Crippen LogP contribution in [0.15, 0.2) is 52.6 Å². The normalized spacial score (nSPS) is 10.4. The Labute approximate surface area is 142 Å². The molecule has 0 unspecified atom stereocenters. The van der Waals surface area contributed by atoms with Crippen LogP contribution >= 0.6 is 11.3 Å². The Morgan fingerprint density at radius 1 is 1.25 bits per heavy atom. The molecular weight excluding hydrogens is 328 g/mol. The van der Waals surface area contributed by atoms with Crippen LogP contribution in [0, 0.1) is 0 Å². The summed E-state index contributed by atoms with van der Waals surface area (Å²) in [6, 6.07) is 11.1. The number of amides is 1. The summed E-state index contributed by atoms with van der Waals surface area (Å²) in [6.45, 7) is 0. The van der Waals surface area contributed by atoms with Crippen molar-refractivity contribution in [1.82, 2.24) is 5.16 Å². The number of nitrogens with one attached hydrogen (secondary N) is 1. The molecule has 1 N–H and O–H groups in total. The number of benzene rings is 1. The highest BCUT2D eigenvalue weighted by molar-refractivity contribution is 7.15. The molecule has 0 bridgehead atoms. The number of thiophene rings is 1. The zero-order chi connectivity index (χ0) is 16.9. The van der Waals surface area contributed by atoms with Gasteiger partial charge in [-0.3, -0.25) is 4.79 Å². The van der Waals surface area contributed by atoms with Crippen molar-refractivity contribution in [3.63, 3.8) is 0 Å². The third kappa shape index (κ3) is 3.36. The molecule has 2 heterocycles. The second kappa shape index (κ2) is 7.10. The molecule has 0 aliphatic rings. The minimum atomic E-state index is -0.494. The number of esters is 1. The van der Waals surface area contributed by atoms with Crippen LogP contribution in [-0.4, -0.2) is 24.1 Å². The van der Waals surface area contributed by atoms with Gasteiger partial charge in [-0.05, 0) is 5.56 Å². The van der Waals surface area contributed by atoms with Crippen LogP contribution in [0.5, 0.6) is 0 Å². The topological polar surface area (TPSA) is 81.4 Å². The highest BCUT2D eigenvalue weighted by Crippen LogP contribution is 2.36. The maximum atomic E-state index is 12.2. The Morgan fingerprint density at radius 3 is 2.71 bits per heavy atom. The van der Waals surface area contributed by atoms with E-state index in [0.717, 1.165) is 11.1 Å². The Morgan fingerprint density at radius 2 is 2.04 bits per heavy atom. The number of hydrogen-bond donors (Lipinski definition) is 1. The monoisotopic (exact) mass is 342 g/mol. The van der Waals surface area contributed by atoms with Gasteiger partial charge >= 0.3 is 5.97 Å². The Hall–Kier alpha value is -2.93. The Bertz CT molecular complexity index is 841. The molecule has 122 valence electrons. The van der Waals surface area contributed by atoms with E-state index in [9.17, 15) is 9.59 Å². The Kier molecular flexibility index (Phi) is 4.72. The lowest BCUT2D eigenvalue weighted by molar-refractivity contribution is -0.115. The number of anilines is 1. The Balaban J connectivity index is 1.89. The van der Waals surface area contributed by atoms with Gasteiger partial charge in [-0.1, -0.05) is 35.5 Å². The molecule has 0 aliphatic heterocycles. The van der Waals surface area contributed by atoms with E-state index in [4.69, 9.17) is 9.26 Å². The van der Waals surface area contributed by atoms with Crippen molar-refractivity contribution in [2.24, 2.45) is 0 Å². The highest BCUT2D eigenvalue weighted by atomic mass is 32.1. The molecule has 7 heteroatoms. The summed E-state index contributed by atoms with van der Waals surface area (Å²) >= 11 is 1.28. The molecule has 0 atom stereocenters. The molecule has 3 rings (SSSR count). The first-order valence-corrected chi connectivity index (χ1v) is 8.01. The summed E-state index contributed by atoms with van der Waals surface area (Å²) in [5, 5.41) is 8.73. The second-order valence-electron chi connectivity index (χ2n) is 4.93. The van der Waals surface area contributed by atoms with E-state index in [1.54, 1.807) is 6.07 Å². The number of rotatable bonds is 5. The number of methoxy groups -OCH3 is 1. The summed E-state index contributed by atoms with van der Waals surface area (Å²) in [5.41, 5.74) is 2.48. The van der Waals surface area contributed by atoms with Crippen molar-refractivity contribution in [2.75, 3.05) is 12.4 Å². The number of hydrogen-bond acceptors (Lipinski definition) is 6. The summed E-state index contributed by atoms with van der Waals surface area (Å²) in [7, 11) is 1.32. The number of carbonyl (C=O) groups excluding carboxylic acids is 2. The molecule has 0 spiro atoms. The van der Waals surface area contributed by atoms with Crippen molar-refractivity contribution >= 4 is 28.2 Å². The summed E-state index contributed by atoms with van der Waals surface area (Å²) in [6.07, 6.45) is 1.47. The zero-order valence-electron chi connectivity index (χ0n) is 12.8. The molecule has 0 radical (unpaired) electrons. The van der Waals surface area contributed by atoms with Crippen molar-refractivity contribution in [2.45, 2.75) is 6.42 Å². The molecule has 1 aromatic carbocycles. The van der Waals surface area contributed by atoms with Gasteiger partial charge in [-0.25, -0.2) is 4.79 Å². The molecule has 0 fully saturated rings. The molecule has 1 amide bonds. The van der Waals surface area contributed by atoms with E-state index < -0.39 is 5.97 Å². The van der Waals surface area contributed by atoms with Crippen LogP contribution in [0.1, 0.15) is 16.1 Å². The minimum Gasteiger partial charge on any atom is -0.465 e. The maximum Gasteiger partial charge on any atom is 0.341 e.